The van der Waals surface area contributed by atoms with Crippen LogP contribution in [-0.4, -0.2) is 14.1 Å². The highest BCUT2D eigenvalue weighted by Gasteiger charge is 2.22. The lowest BCUT2D eigenvalue weighted by Gasteiger charge is -2.18. The number of rotatable bonds is 7. The standard InChI is InChI=1S/C5H9.2C4H9.Al/c1-3-5-4-2;2*1-4(2)3;/h1,4-5H2,2H3;2*4H,1H2,2-3H3;. The molecule has 0 unspecified atom stereocenters. The maximum Gasteiger partial charge on any atom is 0.298 e. The molecule has 0 amide bonds. The zero-order valence-electron chi connectivity index (χ0n) is 10.8. The summed E-state index contributed by atoms with van der Waals surface area (Å²) in [6.45, 7) is 16.0. The minimum atomic E-state index is -0.656. The van der Waals surface area contributed by atoms with Crippen molar-refractivity contribution in [2.75, 3.05) is 0 Å². The second kappa shape index (κ2) is 7.55. The minimum absolute atomic E-state index is 0.656. The molecule has 0 saturated carbocycles. The van der Waals surface area contributed by atoms with Gasteiger partial charge in [0.15, 0.2) is 0 Å². The Bertz CT molecular complexity index is 149. The molecule has 0 aliphatic heterocycles. The predicted octanol–water partition coefficient (Wildman–Crippen LogP) is 4.69. The molecule has 0 atom stereocenters. The van der Waals surface area contributed by atoms with Gasteiger partial charge in [0.1, 0.15) is 0 Å². The van der Waals surface area contributed by atoms with Crippen molar-refractivity contribution >= 4 is 14.1 Å². The van der Waals surface area contributed by atoms with Crippen molar-refractivity contribution in [3.8, 4) is 0 Å². The Morgan fingerprint density at radius 3 is 1.79 bits per heavy atom. The quantitative estimate of drug-likeness (QED) is 0.535. The summed E-state index contributed by atoms with van der Waals surface area (Å²) >= 11 is -0.656. The average Bonchev–Trinajstić information content (AvgIpc) is 2.01. The number of hydrogen-bond acceptors (Lipinski definition) is 0. The van der Waals surface area contributed by atoms with Gasteiger partial charge in [0.05, 0.1) is 0 Å². The molecule has 0 aliphatic carbocycles. The molecule has 0 aromatic heterocycles. The Labute approximate surface area is 95.2 Å². The minimum Gasteiger partial charge on any atom is -0.137 e. The van der Waals surface area contributed by atoms with E-state index in [0.717, 1.165) is 11.8 Å². The lowest BCUT2D eigenvalue weighted by atomic mass is 10.3. The SMILES string of the molecule is C=[C](CCC)[Al]([CH2]C(C)C)[CH2]C(C)C. The largest absolute Gasteiger partial charge is 0.298 e. The van der Waals surface area contributed by atoms with Crippen molar-refractivity contribution in [1.29, 1.82) is 0 Å². The van der Waals surface area contributed by atoms with Crippen LogP contribution in [0.15, 0.2) is 11.0 Å². The normalized spacial score (nSPS) is 11.1. The van der Waals surface area contributed by atoms with Gasteiger partial charge >= 0.3 is 0 Å². The van der Waals surface area contributed by atoms with Gasteiger partial charge in [-0.3, -0.25) is 0 Å². The Hall–Kier alpha value is 0.272. The molecule has 0 saturated heterocycles. The van der Waals surface area contributed by atoms with Crippen LogP contribution in [0.4, 0.5) is 0 Å². The topological polar surface area (TPSA) is 0 Å². The van der Waals surface area contributed by atoms with Crippen LogP contribution in [0.2, 0.25) is 10.6 Å². The van der Waals surface area contributed by atoms with Crippen LogP contribution in [-0.2, 0) is 0 Å². The van der Waals surface area contributed by atoms with Crippen molar-refractivity contribution in [1.82, 2.24) is 0 Å². The Kier molecular flexibility index (Phi) is 7.70. The molecule has 82 valence electrons. The molecule has 0 heterocycles. The van der Waals surface area contributed by atoms with E-state index < -0.39 is 14.1 Å². The van der Waals surface area contributed by atoms with Gasteiger partial charge in [-0.25, -0.2) is 0 Å². The fraction of sp³-hybridized carbons (Fsp3) is 0.846. The van der Waals surface area contributed by atoms with Gasteiger partial charge in [0.2, 0.25) is 0 Å². The molecule has 14 heavy (non-hydrogen) atoms. The van der Waals surface area contributed by atoms with Gasteiger partial charge in [-0.15, -0.1) is 11.0 Å². The molecule has 0 N–H and O–H groups in total. The summed E-state index contributed by atoms with van der Waals surface area (Å²) in [7, 11) is 0. The fourth-order valence-electron chi connectivity index (χ4n) is 2.09. The zero-order chi connectivity index (χ0) is 11.1. The lowest BCUT2D eigenvalue weighted by Crippen LogP contribution is -2.20. The van der Waals surface area contributed by atoms with E-state index in [4.69, 9.17) is 0 Å². The van der Waals surface area contributed by atoms with Crippen molar-refractivity contribution in [3.05, 3.63) is 11.0 Å². The number of allylic oxidation sites excluding steroid dienone is 1. The first-order valence-electron chi connectivity index (χ1n) is 6.15. The highest BCUT2D eigenvalue weighted by Crippen LogP contribution is 2.22. The molecule has 0 aliphatic rings. The fourth-order valence-corrected chi connectivity index (χ4v) is 5.93. The van der Waals surface area contributed by atoms with Gasteiger partial charge in [-0.2, -0.15) is 0 Å². The maximum atomic E-state index is 4.31. The molecule has 0 spiro atoms. The van der Waals surface area contributed by atoms with Gasteiger partial charge in [0.25, 0.3) is 14.1 Å². The lowest BCUT2D eigenvalue weighted by molar-refractivity contribution is 0.690. The summed E-state index contributed by atoms with van der Waals surface area (Å²) in [5.74, 6) is 1.72. The first kappa shape index (κ1) is 14.3. The van der Waals surface area contributed by atoms with Crippen LogP contribution in [0.25, 0.3) is 0 Å². The highest BCUT2D eigenvalue weighted by atomic mass is 27.2. The van der Waals surface area contributed by atoms with Crippen molar-refractivity contribution < 1.29 is 0 Å². The van der Waals surface area contributed by atoms with Crippen molar-refractivity contribution in [2.45, 2.75) is 58.0 Å². The van der Waals surface area contributed by atoms with Crippen LogP contribution in [0.3, 0.4) is 0 Å². The summed E-state index contributed by atoms with van der Waals surface area (Å²) in [5.41, 5.74) is 0. The summed E-state index contributed by atoms with van der Waals surface area (Å²) < 4.78 is 1.62. The Morgan fingerprint density at radius 2 is 1.50 bits per heavy atom. The number of hydrogen-bond donors (Lipinski definition) is 0. The van der Waals surface area contributed by atoms with E-state index in [9.17, 15) is 0 Å². The molecule has 0 radical (unpaired) electrons. The van der Waals surface area contributed by atoms with Gasteiger partial charge in [0, 0.05) is 0 Å². The van der Waals surface area contributed by atoms with E-state index in [1.54, 1.807) is 4.44 Å². The summed E-state index contributed by atoms with van der Waals surface area (Å²) in [5, 5.41) is 2.91. The Balaban J connectivity index is 4.15. The monoisotopic (exact) mass is 210 g/mol. The summed E-state index contributed by atoms with van der Waals surface area (Å²) in [6, 6.07) is 0. The van der Waals surface area contributed by atoms with Gasteiger partial charge in [-0.1, -0.05) is 63.4 Å². The highest BCUT2D eigenvalue weighted by molar-refractivity contribution is 6.66. The predicted molar refractivity (Wildman–Crippen MR) is 69.1 cm³/mol. The summed E-state index contributed by atoms with van der Waals surface area (Å²) in [4.78, 5) is 0. The molecular weight excluding hydrogens is 183 g/mol. The van der Waals surface area contributed by atoms with Crippen molar-refractivity contribution in [2.24, 2.45) is 11.8 Å². The molecule has 0 aromatic rings. The van der Waals surface area contributed by atoms with E-state index in [2.05, 4.69) is 41.2 Å². The van der Waals surface area contributed by atoms with E-state index in [1.807, 2.05) is 0 Å². The van der Waals surface area contributed by atoms with Crippen LogP contribution >= 0.6 is 0 Å². The second-order valence-corrected chi connectivity index (χ2v) is 8.52. The van der Waals surface area contributed by atoms with Crippen LogP contribution < -0.4 is 0 Å². The zero-order valence-corrected chi connectivity index (χ0v) is 11.9. The van der Waals surface area contributed by atoms with E-state index in [0.29, 0.717) is 0 Å². The molecule has 0 rings (SSSR count). The van der Waals surface area contributed by atoms with Crippen molar-refractivity contribution in [3.63, 3.8) is 0 Å². The van der Waals surface area contributed by atoms with Gasteiger partial charge in [-0.05, 0) is 6.42 Å². The third-order valence-electron chi connectivity index (χ3n) is 2.66. The molecule has 0 bridgehead atoms. The van der Waals surface area contributed by atoms with E-state index >= 15 is 0 Å². The molecule has 0 nitrogen and oxygen atoms in total. The molecule has 1 heteroatoms. The van der Waals surface area contributed by atoms with E-state index in [-0.39, 0.29) is 0 Å². The third kappa shape index (κ3) is 6.69. The maximum absolute atomic E-state index is 4.31. The molecular formula is C13H27Al. The third-order valence-corrected chi connectivity index (χ3v) is 7.13. The Morgan fingerprint density at radius 1 is 1.07 bits per heavy atom. The first-order valence-corrected chi connectivity index (χ1v) is 8.36. The second-order valence-electron chi connectivity index (χ2n) is 5.36. The molecule has 0 fully saturated rings. The van der Waals surface area contributed by atoms with Gasteiger partial charge < -0.3 is 0 Å². The smallest absolute Gasteiger partial charge is 0.137 e. The summed E-state index contributed by atoms with van der Waals surface area (Å²) in [6.07, 6.45) is 2.55. The van der Waals surface area contributed by atoms with Crippen LogP contribution in [0, 0.1) is 11.8 Å². The molecule has 0 aromatic carbocycles. The van der Waals surface area contributed by atoms with Crippen LogP contribution in [0.1, 0.15) is 47.5 Å². The van der Waals surface area contributed by atoms with E-state index in [1.165, 1.54) is 23.4 Å². The average molecular weight is 210 g/mol. The van der Waals surface area contributed by atoms with Crippen LogP contribution in [0.5, 0.6) is 0 Å². The first-order chi connectivity index (χ1) is 6.47.